The molecule has 92 valence electrons. The average molecular weight is 238 g/mol. The van der Waals surface area contributed by atoms with Crippen LogP contribution in [-0.4, -0.2) is 5.11 Å². The van der Waals surface area contributed by atoms with Gasteiger partial charge in [-0.05, 0) is 42.4 Å². The third-order valence-corrected chi connectivity index (χ3v) is 3.60. The maximum atomic E-state index is 10.4. The van der Waals surface area contributed by atoms with Gasteiger partial charge >= 0.3 is 0 Å². The van der Waals surface area contributed by atoms with E-state index >= 15 is 0 Å². The van der Waals surface area contributed by atoms with Crippen molar-refractivity contribution in [3.05, 3.63) is 70.8 Å². The van der Waals surface area contributed by atoms with Crippen molar-refractivity contribution in [2.75, 3.05) is 0 Å². The molecule has 3 rings (SSSR count). The fourth-order valence-electron chi connectivity index (χ4n) is 2.48. The Morgan fingerprint density at radius 2 is 1.72 bits per heavy atom. The molecule has 1 aliphatic carbocycles. The standard InChI is InChI=1S/C17H18O/c1-12-9-15(13-7-8-13)11-16(10-12)17(18)14-5-3-2-4-6-14/h2-6,9-11,13,17-18H,7-8H2,1H3. The van der Waals surface area contributed by atoms with Crippen LogP contribution in [0, 0.1) is 6.92 Å². The van der Waals surface area contributed by atoms with Gasteiger partial charge in [-0.1, -0.05) is 54.1 Å². The van der Waals surface area contributed by atoms with Crippen LogP contribution in [0.15, 0.2) is 48.5 Å². The van der Waals surface area contributed by atoms with Gasteiger partial charge < -0.3 is 5.11 Å². The van der Waals surface area contributed by atoms with Crippen LogP contribution in [0.25, 0.3) is 0 Å². The Morgan fingerprint density at radius 3 is 2.39 bits per heavy atom. The molecule has 0 aromatic heterocycles. The largest absolute Gasteiger partial charge is 0.384 e. The van der Waals surface area contributed by atoms with Crippen molar-refractivity contribution in [3.8, 4) is 0 Å². The summed E-state index contributed by atoms with van der Waals surface area (Å²) >= 11 is 0. The lowest BCUT2D eigenvalue weighted by Crippen LogP contribution is -2.00. The summed E-state index contributed by atoms with van der Waals surface area (Å²) in [6.07, 6.45) is 2.08. The molecule has 18 heavy (non-hydrogen) atoms. The molecule has 1 N–H and O–H groups in total. The van der Waals surface area contributed by atoms with Gasteiger partial charge in [0.05, 0.1) is 0 Å². The summed E-state index contributed by atoms with van der Waals surface area (Å²) in [6.45, 7) is 2.10. The minimum absolute atomic E-state index is 0.511. The number of hydrogen-bond acceptors (Lipinski definition) is 1. The van der Waals surface area contributed by atoms with Crippen LogP contribution in [-0.2, 0) is 0 Å². The number of hydrogen-bond donors (Lipinski definition) is 1. The summed E-state index contributed by atoms with van der Waals surface area (Å²) in [5, 5.41) is 10.4. The summed E-state index contributed by atoms with van der Waals surface area (Å²) in [4.78, 5) is 0. The zero-order valence-corrected chi connectivity index (χ0v) is 10.6. The van der Waals surface area contributed by atoms with E-state index in [1.807, 2.05) is 30.3 Å². The van der Waals surface area contributed by atoms with Crippen LogP contribution in [0.5, 0.6) is 0 Å². The fraction of sp³-hybridized carbons (Fsp3) is 0.294. The van der Waals surface area contributed by atoms with Gasteiger partial charge in [-0.2, -0.15) is 0 Å². The van der Waals surface area contributed by atoms with Gasteiger partial charge in [-0.15, -0.1) is 0 Å². The van der Waals surface area contributed by atoms with Crippen molar-refractivity contribution < 1.29 is 5.11 Å². The smallest absolute Gasteiger partial charge is 0.104 e. The summed E-state index contributed by atoms with van der Waals surface area (Å²) in [5.74, 6) is 0.728. The molecule has 1 aliphatic rings. The zero-order chi connectivity index (χ0) is 12.5. The molecule has 0 saturated heterocycles. The van der Waals surface area contributed by atoms with Gasteiger partial charge in [0, 0.05) is 0 Å². The average Bonchev–Trinajstić information content (AvgIpc) is 3.22. The van der Waals surface area contributed by atoms with Gasteiger partial charge in [0.15, 0.2) is 0 Å². The number of benzene rings is 2. The predicted octanol–water partition coefficient (Wildman–Crippen LogP) is 3.95. The second-order valence-electron chi connectivity index (χ2n) is 5.26. The Bertz CT molecular complexity index is 541. The highest BCUT2D eigenvalue weighted by molar-refractivity contribution is 5.38. The Hall–Kier alpha value is -1.60. The van der Waals surface area contributed by atoms with Gasteiger partial charge in [0.25, 0.3) is 0 Å². The summed E-state index contributed by atoms with van der Waals surface area (Å²) < 4.78 is 0. The summed E-state index contributed by atoms with van der Waals surface area (Å²) in [5.41, 5.74) is 4.61. The van der Waals surface area contributed by atoms with Crippen molar-refractivity contribution in [1.29, 1.82) is 0 Å². The molecule has 1 unspecified atom stereocenters. The quantitative estimate of drug-likeness (QED) is 0.858. The lowest BCUT2D eigenvalue weighted by atomic mass is 9.96. The highest BCUT2D eigenvalue weighted by atomic mass is 16.3. The number of aryl methyl sites for hydroxylation is 1. The van der Waals surface area contributed by atoms with E-state index in [0.29, 0.717) is 0 Å². The summed E-state index contributed by atoms with van der Waals surface area (Å²) in [7, 11) is 0. The van der Waals surface area contributed by atoms with Crippen LogP contribution in [0.4, 0.5) is 0 Å². The monoisotopic (exact) mass is 238 g/mol. The zero-order valence-electron chi connectivity index (χ0n) is 10.6. The lowest BCUT2D eigenvalue weighted by Gasteiger charge is -2.14. The topological polar surface area (TPSA) is 20.2 Å². The molecule has 0 radical (unpaired) electrons. The van der Waals surface area contributed by atoms with Crippen molar-refractivity contribution in [2.24, 2.45) is 0 Å². The van der Waals surface area contributed by atoms with Crippen LogP contribution < -0.4 is 0 Å². The molecule has 0 aliphatic heterocycles. The summed E-state index contributed by atoms with van der Waals surface area (Å²) in [6, 6.07) is 16.4. The maximum Gasteiger partial charge on any atom is 0.104 e. The van der Waals surface area contributed by atoms with E-state index in [1.54, 1.807) is 0 Å². The Kier molecular flexibility index (Phi) is 2.92. The first kappa shape index (κ1) is 11.5. The van der Waals surface area contributed by atoms with E-state index in [1.165, 1.54) is 24.0 Å². The van der Waals surface area contributed by atoms with E-state index in [4.69, 9.17) is 0 Å². The number of rotatable bonds is 3. The Morgan fingerprint density at radius 1 is 1.00 bits per heavy atom. The van der Waals surface area contributed by atoms with Gasteiger partial charge in [-0.3, -0.25) is 0 Å². The SMILES string of the molecule is Cc1cc(C2CC2)cc(C(O)c2ccccc2)c1. The molecular formula is C17H18O. The van der Waals surface area contributed by atoms with Gasteiger partial charge in [0.2, 0.25) is 0 Å². The number of aliphatic hydroxyl groups is 1. The fourth-order valence-corrected chi connectivity index (χ4v) is 2.48. The second-order valence-corrected chi connectivity index (χ2v) is 5.26. The van der Waals surface area contributed by atoms with Crippen LogP contribution >= 0.6 is 0 Å². The van der Waals surface area contributed by atoms with E-state index < -0.39 is 6.10 Å². The highest BCUT2D eigenvalue weighted by Gasteiger charge is 2.24. The molecule has 0 amide bonds. The van der Waals surface area contributed by atoms with E-state index in [2.05, 4.69) is 25.1 Å². The Balaban J connectivity index is 1.96. The minimum atomic E-state index is -0.511. The third-order valence-electron chi connectivity index (χ3n) is 3.60. The highest BCUT2D eigenvalue weighted by Crippen LogP contribution is 2.41. The molecule has 1 nitrogen and oxygen atoms in total. The molecule has 1 fully saturated rings. The molecule has 1 atom stereocenters. The van der Waals surface area contributed by atoms with Crippen LogP contribution in [0.1, 0.15) is 47.1 Å². The van der Waals surface area contributed by atoms with E-state index in [9.17, 15) is 5.11 Å². The van der Waals surface area contributed by atoms with E-state index in [-0.39, 0.29) is 0 Å². The number of aliphatic hydroxyl groups excluding tert-OH is 1. The first-order chi connectivity index (χ1) is 8.74. The molecule has 1 saturated carbocycles. The molecule has 0 bridgehead atoms. The molecular weight excluding hydrogens is 220 g/mol. The maximum absolute atomic E-state index is 10.4. The van der Waals surface area contributed by atoms with Crippen molar-refractivity contribution in [2.45, 2.75) is 31.8 Å². The molecule has 1 heteroatoms. The second kappa shape index (κ2) is 4.58. The first-order valence-corrected chi connectivity index (χ1v) is 6.58. The normalized spacial score (nSPS) is 16.6. The molecule has 0 spiro atoms. The van der Waals surface area contributed by atoms with Crippen LogP contribution in [0.2, 0.25) is 0 Å². The third kappa shape index (κ3) is 2.32. The van der Waals surface area contributed by atoms with Crippen LogP contribution in [0.3, 0.4) is 0 Å². The molecule has 2 aromatic carbocycles. The predicted molar refractivity (Wildman–Crippen MR) is 73.7 cm³/mol. The molecule has 2 aromatic rings. The van der Waals surface area contributed by atoms with E-state index in [0.717, 1.165) is 17.0 Å². The minimum Gasteiger partial charge on any atom is -0.384 e. The lowest BCUT2D eigenvalue weighted by molar-refractivity contribution is 0.220. The van der Waals surface area contributed by atoms with Gasteiger partial charge in [0.1, 0.15) is 6.10 Å². The molecule has 0 heterocycles. The van der Waals surface area contributed by atoms with Crippen molar-refractivity contribution >= 4 is 0 Å². The van der Waals surface area contributed by atoms with Crippen molar-refractivity contribution in [3.63, 3.8) is 0 Å². The van der Waals surface area contributed by atoms with Gasteiger partial charge in [-0.25, -0.2) is 0 Å². The van der Waals surface area contributed by atoms with Crippen molar-refractivity contribution in [1.82, 2.24) is 0 Å². The first-order valence-electron chi connectivity index (χ1n) is 6.58. The Labute approximate surface area is 108 Å².